The van der Waals surface area contributed by atoms with Crippen molar-refractivity contribution in [3.63, 3.8) is 0 Å². The number of hydrogen-bond acceptors (Lipinski definition) is 7. The van der Waals surface area contributed by atoms with Crippen LogP contribution in [0.25, 0.3) is 0 Å². The van der Waals surface area contributed by atoms with Crippen LogP contribution in [0.3, 0.4) is 0 Å². The molecule has 0 radical (unpaired) electrons. The van der Waals surface area contributed by atoms with Crippen molar-refractivity contribution in [2.45, 2.75) is 26.2 Å². The summed E-state index contributed by atoms with van der Waals surface area (Å²) in [6.45, 7) is 5.51. The summed E-state index contributed by atoms with van der Waals surface area (Å²) in [6, 6.07) is 8.18. The van der Waals surface area contributed by atoms with Crippen molar-refractivity contribution in [1.29, 1.82) is 0 Å². The summed E-state index contributed by atoms with van der Waals surface area (Å²) in [5.74, 6) is 0.450. The summed E-state index contributed by atoms with van der Waals surface area (Å²) in [5, 5.41) is 14.5. The van der Waals surface area contributed by atoms with Crippen LogP contribution in [0, 0.1) is 10.1 Å². The van der Waals surface area contributed by atoms with E-state index >= 15 is 0 Å². The van der Waals surface area contributed by atoms with Gasteiger partial charge in [0.1, 0.15) is 11.5 Å². The molecule has 0 atom stereocenters. The topological polar surface area (TPSA) is 112 Å². The van der Waals surface area contributed by atoms with Crippen LogP contribution in [0.15, 0.2) is 36.5 Å². The molecule has 2 saturated heterocycles. The van der Waals surface area contributed by atoms with E-state index in [0.717, 1.165) is 31.7 Å². The highest BCUT2D eigenvalue weighted by atomic mass is 16.6. The fraction of sp³-hybridized carbons (Fsp3) is 0.435. The molecule has 0 spiro atoms. The Hall–Kier alpha value is -3.69. The van der Waals surface area contributed by atoms with Crippen molar-refractivity contribution in [2.75, 3.05) is 54.4 Å². The number of nitrogens with one attached hydrogen (secondary N) is 1. The maximum absolute atomic E-state index is 12.8. The normalized spacial score (nSPS) is 16.5. The minimum atomic E-state index is -0.474. The van der Waals surface area contributed by atoms with Crippen LogP contribution in [-0.2, 0) is 4.79 Å². The quantitative estimate of drug-likeness (QED) is 0.548. The maximum Gasteiger partial charge on any atom is 0.293 e. The molecule has 2 aliphatic heterocycles. The number of nitrogens with zero attached hydrogens (tertiary/aromatic N) is 5. The van der Waals surface area contributed by atoms with Crippen molar-refractivity contribution >= 4 is 34.7 Å². The zero-order chi connectivity index (χ0) is 23.4. The van der Waals surface area contributed by atoms with Gasteiger partial charge in [-0.1, -0.05) is 0 Å². The molecule has 1 aromatic carbocycles. The van der Waals surface area contributed by atoms with E-state index in [1.54, 1.807) is 29.3 Å². The van der Waals surface area contributed by atoms with E-state index in [-0.39, 0.29) is 17.2 Å². The molecule has 2 aromatic rings. The van der Waals surface area contributed by atoms with Gasteiger partial charge in [0.15, 0.2) is 0 Å². The van der Waals surface area contributed by atoms with Gasteiger partial charge in [-0.15, -0.1) is 0 Å². The predicted octanol–water partition coefficient (Wildman–Crippen LogP) is 2.90. The van der Waals surface area contributed by atoms with Gasteiger partial charge in [0.05, 0.1) is 16.8 Å². The van der Waals surface area contributed by atoms with Crippen LogP contribution in [0.2, 0.25) is 0 Å². The number of benzene rings is 1. The summed E-state index contributed by atoms with van der Waals surface area (Å²) in [6.07, 6.45) is 5.16. The van der Waals surface area contributed by atoms with Crippen LogP contribution in [0.4, 0.5) is 22.9 Å². The number of nitro groups is 1. The summed E-state index contributed by atoms with van der Waals surface area (Å²) in [7, 11) is 0. The monoisotopic (exact) mass is 452 g/mol. The number of anilines is 3. The number of hydrogen-bond donors (Lipinski definition) is 1. The van der Waals surface area contributed by atoms with Gasteiger partial charge in [0, 0.05) is 57.8 Å². The highest BCUT2D eigenvalue weighted by Gasteiger charge is 2.26. The largest absolute Gasteiger partial charge is 0.362 e. The second kappa shape index (κ2) is 9.85. The lowest BCUT2D eigenvalue weighted by Crippen LogP contribution is -2.48. The second-order valence-electron chi connectivity index (χ2n) is 8.36. The smallest absolute Gasteiger partial charge is 0.293 e. The number of rotatable bonds is 5. The molecular weight excluding hydrogens is 424 g/mol. The molecule has 33 heavy (non-hydrogen) atoms. The summed E-state index contributed by atoms with van der Waals surface area (Å²) in [4.78, 5) is 45.8. The van der Waals surface area contributed by atoms with Gasteiger partial charge in [0.2, 0.25) is 5.91 Å². The van der Waals surface area contributed by atoms with Gasteiger partial charge in [0.25, 0.3) is 11.6 Å². The first-order chi connectivity index (χ1) is 15.9. The fourth-order valence-electron chi connectivity index (χ4n) is 4.31. The Balaban J connectivity index is 1.45. The van der Waals surface area contributed by atoms with Crippen molar-refractivity contribution in [1.82, 2.24) is 9.88 Å². The second-order valence-corrected chi connectivity index (χ2v) is 8.36. The summed E-state index contributed by atoms with van der Waals surface area (Å²) < 4.78 is 0. The van der Waals surface area contributed by atoms with Crippen LogP contribution in [0.5, 0.6) is 0 Å². The molecule has 4 rings (SSSR count). The SMILES string of the molecule is CC(=O)N1CCN(c2ccc(C(=O)Nc3ccc(N4CCCCC4)nc3)cc2[N+](=O)[O-])CC1. The molecule has 0 bridgehead atoms. The molecule has 10 nitrogen and oxygen atoms in total. The Morgan fingerprint density at radius 3 is 2.30 bits per heavy atom. The third kappa shape index (κ3) is 5.21. The van der Waals surface area contributed by atoms with Crippen molar-refractivity contribution in [2.24, 2.45) is 0 Å². The lowest BCUT2D eigenvalue weighted by atomic mass is 10.1. The van der Waals surface area contributed by atoms with E-state index in [2.05, 4.69) is 15.2 Å². The lowest BCUT2D eigenvalue weighted by Gasteiger charge is -2.35. The third-order valence-corrected chi connectivity index (χ3v) is 6.19. The number of pyridine rings is 1. The molecule has 2 fully saturated rings. The summed E-state index contributed by atoms with van der Waals surface area (Å²) >= 11 is 0. The molecule has 10 heteroatoms. The van der Waals surface area contributed by atoms with Gasteiger partial charge in [-0.3, -0.25) is 19.7 Å². The molecule has 1 N–H and O–H groups in total. The Morgan fingerprint density at radius 2 is 1.70 bits per heavy atom. The zero-order valence-corrected chi connectivity index (χ0v) is 18.7. The van der Waals surface area contributed by atoms with E-state index < -0.39 is 10.8 Å². The molecule has 2 aliphatic rings. The Morgan fingerprint density at radius 1 is 0.970 bits per heavy atom. The molecule has 174 valence electrons. The van der Waals surface area contributed by atoms with E-state index in [1.807, 2.05) is 11.0 Å². The molecule has 2 amide bonds. The standard InChI is InChI=1S/C23H28N6O4/c1-17(30)26-11-13-27(14-12-26)20-7-5-18(15-21(20)29(32)33)23(31)25-19-6-8-22(24-16-19)28-9-3-2-4-10-28/h5-8,15-16H,2-4,9-14H2,1H3,(H,25,31). The molecule has 0 aliphatic carbocycles. The van der Waals surface area contributed by atoms with E-state index in [4.69, 9.17) is 0 Å². The first kappa shape index (κ1) is 22.5. The first-order valence-corrected chi connectivity index (χ1v) is 11.2. The van der Waals surface area contributed by atoms with Crippen molar-refractivity contribution in [3.05, 3.63) is 52.2 Å². The Kier molecular flexibility index (Phi) is 6.71. The fourth-order valence-corrected chi connectivity index (χ4v) is 4.31. The highest BCUT2D eigenvalue weighted by Crippen LogP contribution is 2.30. The average molecular weight is 453 g/mol. The molecule has 1 aromatic heterocycles. The van der Waals surface area contributed by atoms with Crippen molar-refractivity contribution < 1.29 is 14.5 Å². The van der Waals surface area contributed by atoms with Crippen LogP contribution >= 0.6 is 0 Å². The summed E-state index contributed by atoms with van der Waals surface area (Å²) in [5.41, 5.74) is 1.06. The number of piperazine rings is 1. The van der Waals surface area contributed by atoms with Crippen molar-refractivity contribution in [3.8, 4) is 0 Å². The van der Waals surface area contributed by atoms with E-state index in [1.165, 1.54) is 19.4 Å². The predicted molar refractivity (Wildman–Crippen MR) is 126 cm³/mol. The zero-order valence-electron chi connectivity index (χ0n) is 18.7. The average Bonchev–Trinajstić information content (AvgIpc) is 2.84. The number of aromatic nitrogens is 1. The molecule has 0 saturated carbocycles. The third-order valence-electron chi connectivity index (χ3n) is 6.19. The Labute approximate surface area is 192 Å². The maximum atomic E-state index is 12.8. The van der Waals surface area contributed by atoms with Gasteiger partial charge in [-0.05, 0) is 43.5 Å². The molecule has 3 heterocycles. The lowest BCUT2D eigenvalue weighted by molar-refractivity contribution is -0.384. The van der Waals surface area contributed by atoms with E-state index in [9.17, 15) is 19.7 Å². The number of carbonyl (C=O) groups is 2. The highest BCUT2D eigenvalue weighted by molar-refractivity contribution is 6.05. The first-order valence-electron chi connectivity index (χ1n) is 11.2. The van der Waals surface area contributed by atoms with Crippen LogP contribution in [-0.4, -0.2) is 65.9 Å². The van der Waals surface area contributed by atoms with Crippen LogP contribution < -0.4 is 15.1 Å². The number of carbonyl (C=O) groups excluding carboxylic acids is 2. The minimum absolute atomic E-state index is 0.00498. The van der Waals surface area contributed by atoms with Gasteiger partial charge >= 0.3 is 0 Å². The number of nitro benzene ring substituents is 1. The van der Waals surface area contributed by atoms with Gasteiger partial charge in [-0.25, -0.2) is 4.98 Å². The number of amides is 2. The Bertz CT molecular complexity index is 1030. The minimum Gasteiger partial charge on any atom is -0.362 e. The van der Waals surface area contributed by atoms with Gasteiger partial charge < -0.3 is 20.0 Å². The van der Waals surface area contributed by atoms with E-state index in [0.29, 0.717) is 37.6 Å². The number of piperidine rings is 1. The van der Waals surface area contributed by atoms with Crippen LogP contribution in [0.1, 0.15) is 36.5 Å². The van der Waals surface area contributed by atoms with Gasteiger partial charge in [-0.2, -0.15) is 0 Å². The molecule has 0 unspecified atom stereocenters. The molecular formula is C23H28N6O4.